The molecule has 0 bridgehead atoms. The molecule has 0 atom stereocenters. The van der Waals surface area contributed by atoms with Crippen molar-refractivity contribution in [3.63, 3.8) is 0 Å². The van der Waals surface area contributed by atoms with Gasteiger partial charge in [0.15, 0.2) is 5.82 Å². The number of carbonyl (C=O) groups excluding carboxylic acids is 1. The van der Waals surface area contributed by atoms with Crippen molar-refractivity contribution in [2.45, 2.75) is 20.4 Å². The van der Waals surface area contributed by atoms with Gasteiger partial charge in [0, 0.05) is 29.0 Å². The fourth-order valence-electron chi connectivity index (χ4n) is 2.73. The van der Waals surface area contributed by atoms with Gasteiger partial charge in [-0.15, -0.1) is 0 Å². The van der Waals surface area contributed by atoms with E-state index in [1.54, 1.807) is 29.8 Å². The predicted octanol–water partition coefficient (Wildman–Crippen LogP) is 5.02. The van der Waals surface area contributed by atoms with Gasteiger partial charge in [0.25, 0.3) is 11.6 Å². The third-order valence-corrected chi connectivity index (χ3v) is 4.93. The molecule has 2 aromatic carbocycles. The van der Waals surface area contributed by atoms with Crippen LogP contribution in [0.3, 0.4) is 0 Å². The molecule has 9 heteroatoms. The molecule has 0 aliphatic carbocycles. The number of hydrogen-bond donors (Lipinski definition) is 1. The lowest BCUT2D eigenvalue weighted by Gasteiger charge is -2.06. The van der Waals surface area contributed by atoms with E-state index in [0.29, 0.717) is 33.5 Å². The standard InChI is InChI=1S/C19H16Cl2N4O3/c1-11-7-14(4-6-17(11)25(27)28)19(26)22-18-8-12(2)24(23-18)10-13-3-5-15(20)16(21)9-13/h3-9H,10H2,1-2H3,(H,22,23,26). The zero-order chi connectivity index (χ0) is 20.4. The Morgan fingerprint density at radius 2 is 1.89 bits per heavy atom. The maximum Gasteiger partial charge on any atom is 0.272 e. The summed E-state index contributed by atoms with van der Waals surface area (Å²) in [5, 5.41) is 18.9. The molecule has 0 fully saturated rings. The van der Waals surface area contributed by atoms with Crippen LogP contribution >= 0.6 is 23.2 Å². The predicted molar refractivity (Wildman–Crippen MR) is 108 cm³/mol. The zero-order valence-corrected chi connectivity index (χ0v) is 16.6. The summed E-state index contributed by atoms with van der Waals surface area (Å²) in [6.07, 6.45) is 0. The lowest BCUT2D eigenvalue weighted by atomic mass is 10.1. The fourth-order valence-corrected chi connectivity index (χ4v) is 3.05. The minimum atomic E-state index is -0.481. The Balaban J connectivity index is 1.75. The van der Waals surface area contributed by atoms with E-state index in [4.69, 9.17) is 23.2 Å². The molecule has 1 amide bonds. The fraction of sp³-hybridized carbons (Fsp3) is 0.158. The Kier molecular flexibility index (Phi) is 5.67. The van der Waals surface area contributed by atoms with Crippen molar-refractivity contribution in [2.24, 2.45) is 0 Å². The van der Waals surface area contributed by atoms with Crippen molar-refractivity contribution >= 4 is 40.6 Å². The van der Waals surface area contributed by atoms with Crippen LogP contribution in [0, 0.1) is 24.0 Å². The lowest BCUT2D eigenvalue weighted by molar-refractivity contribution is -0.385. The summed E-state index contributed by atoms with van der Waals surface area (Å²) >= 11 is 12.0. The van der Waals surface area contributed by atoms with Gasteiger partial charge in [0.05, 0.1) is 21.5 Å². The quantitative estimate of drug-likeness (QED) is 0.465. The molecule has 3 aromatic rings. The number of aryl methyl sites for hydroxylation is 2. The Hall–Kier alpha value is -2.90. The van der Waals surface area contributed by atoms with E-state index in [2.05, 4.69) is 10.4 Å². The van der Waals surface area contributed by atoms with Gasteiger partial charge in [0.2, 0.25) is 0 Å². The first kappa shape index (κ1) is 19.9. The van der Waals surface area contributed by atoms with E-state index in [1.807, 2.05) is 13.0 Å². The number of nitro groups is 1. The average Bonchev–Trinajstić information content (AvgIpc) is 2.96. The van der Waals surface area contributed by atoms with E-state index in [1.165, 1.54) is 18.2 Å². The molecule has 0 saturated heterocycles. The van der Waals surface area contributed by atoms with E-state index < -0.39 is 10.8 Å². The van der Waals surface area contributed by atoms with Gasteiger partial charge < -0.3 is 5.32 Å². The largest absolute Gasteiger partial charge is 0.305 e. The van der Waals surface area contributed by atoms with Crippen LogP contribution < -0.4 is 5.32 Å². The van der Waals surface area contributed by atoms with Gasteiger partial charge >= 0.3 is 0 Å². The summed E-state index contributed by atoms with van der Waals surface area (Å²) in [5.41, 5.74) is 2.47. The molecule has 1 aromatic heterocycles. The normalized spacial score (nSPS) is 10.7. The number of carbonyl (C=O) groups is 1. The summed E-state index contributed by atoms with van der Waals surface area (Å²) < 4.78 is 1.73. The number of nitro benzene ring substituents is 1. The first-order chi connectivity index (χ1) is 13.2. The number of aromatic nitrogens is 2. The monoisotopic (exact) mass is 418 g/mol. The van der Waals surface area contributed by atoms with E-state index in [0.717, 1.165) is 11.3 Å². The van der Waals surface area contributed by atoms with Crippen molar-refractivity contribution in [1.82, 2.24) is 9.78 Å². The van der Waals surface area contributed by atoms with Crippen molar-refractivity contribution < 1.29 is 9.72 Å². The third kappa shape index (κ3) is 4.32. The molecule has 0 aliphatic rings. The SMILES string of the molecule is Cc1cc(C(=O)Nc2cc(C)n(Cc3ccc(Cl)c(Cl)c3)n2)ccc1[N+](=O)[O-]. The van der Waals surface area contributed by atoms with Crippen LogP contribution in [0.15, 0.2) is 42.5 Å². The van der Waals surface area contributed by atoms with Gasteiger partial charge in [-0.3, -0.25) is 19.6 Å². The highest BCUT2D eigenvalue weighted by molar-refractivity contribution is 6.42. The average molecular weight is 419 g/mol. The highest BCUT2D eigenvalue weighted by Crippen LogP contribution is 2.24. The Morgan fingerprint density at radius 1 is 1.14 bits per heavy atom. The van der Waals surface area contributed by atoms with Crippen molar-refractivity contribution in [2.75, 3.05) is 5.32 Å². The van der Waals surface area contributed by atoms with E-state index in [9.17, 15) is 14.9 Å². The second-order valence-corrected chi connectivity index (χ2v) is 7.10. The number of rotatable bonds is 5. The maximum absolute atomic E-state index is 12.4. The molecule has 1 N–H and O–H groups in total. The molecule has 28 heavy (non-hydrogen) atoms. The molecule has 144 valence electrons. The summed E-state index contributed by atoms with van der Waals surface area (Å²) in [4.78, 5) is 22.9. The summed E-state index contributed by atoms with van der Waals surface area (Å²) in [5.74, 6) is -0.00393. The van der Waals surface area contributed by atoms with Crippen LogP contribution in [0.1, 0.15) is 27.2 Å². The molecule has 0 spiro atoms. The van der Waals surface area contributed by atoms with Gasteiger partial charge in [-0.1, -0.05) is 29.3 Å². The molecular formula is C19H16Cl2N4O3. The van der Waals surface area contributed by atoms with Crippen molar-refractivity contribution in [3.05, 3.63) is 85.0 Å². The molecule has 0 saturated carbocycles. The summed E-state index contributed by atoms with van der Waals surface area (Å²) in [6.45, 7) is 3.93. The van der Waals surface area contributed by atoms with Crippen LogP contribution in [0.2, 0.25) is 10.0 Å². The first-order valence-corrected chi connectivity index (χ1v) is 9.05. The van der Waals surface area contributed by atoms with Gasteiger partial charge in [-0.2, -0.15) is 5.10 Å². The second kappa shape index (κ2) is 8.00. The number of halogens is 2. The van der Waals surface area contributed by atoms with Gasteiger partial charge in [-0.25, -0.2) is 0 Å². The minimum Gasteiger partial charge on any atom is -0.305 e. The number of nitrogens with one attached hydrogen (secondary N) is 1. The molecule has 0 unspecified atom stereocenters. The smallest absolute Gasteiger partial charge is 0.272 e. The van der Waals surface area contributed by atoms with Crippen LogP contribution in [0.5, 0.6) is 0 Å². The van der Waals surface area contributed by atoms with E-state index >= 15 is 0 Å². The number of nitrogens with zero attached hydrogens (tertiary/aromatic N) is 3. The number of benzene rings is 2. The molecule has 3 rings (SSSR count). The molecule has 1 heterocycles. The molecule has 7 nitrogen and oxygen atoms in total. The summed E-state index contributed by atoms with van der Waals surface area (Å²) in [6, 6.07) is 11.3. The first-order valence-electron chi connectivity index (χ1n) is 8.29. The van der Waals surface area contributed by atoms with E-state index in [-0.39, 0.29) is 5.69 Å². The highest BCUT2D eigenvalue weighted by atomic mass is 35.5. The Morgan fingerprint density at radius 3 is 2.54 bits per heavy atom. The lowest BCUT2D eigenvalue weighted by Crippen LogP contribution is -2.13. The minimum absolute atomic E-state index is 0.0294. The molecular weight excluding hydrogens is 403 g/mol. The number of amides is 1. The maximum atomic E-state index is 12.4. The highest BCUT2D eigenvalue weighted by Gasteiger charge is 2.15. The third-order valence-electron chi connectivity index (χ3n) is 4.19. The van der Waals surface area contributed by atoms with Gasteiger partial charge in [0.1, 0.15) is 0 Å². The number of anilines is 1. The topological polar surface area (TPSA) is 90.1 Å². The van der Waals surface area contributed by atoms with Crippen LogP contribution in [-0.4, -0.2) is 20.6 Å². The molecule has 0 aliphatic heterocycles. The molecule has 0 radical (unpaired) electrons. The Bertz CT molecular complexity index is 1080. The van der Waals surface area contributed by atoms with Crippen LogP contribution in [0.4, 0.5) is 11.5 Å². The van der Waals surface area contributed by atoms with Crippen molar-refractivity contribution in [3.8, 4) is 0 Å². The zero-order valence-electron chi connectivity index (χ0n) is 15.1. The second-order valence-electron chi connectivity index (χ2n) is 6.29. The van der Waals surface area contributed by atoms with Crippen LogP contribution in [-0.2, 0) is 6.54 Å². The Labute approximate surface area is 171 Å². The van der Waals surface area contributed by atoms with Crippen molar-refractivity contribution in [1.29, 1.82) is 0 Å². The number of hydrogen-bond acceptors (Lipinski definition) is 4. The van der Waals surface area contributed by atoms with Gasteiger partial charge in [-0.05, 0) is 43.7 Å². The summed E-state index contributed by atoms with van der Waals surface area (Å²) in [7, 11) is 0. The van der Waals surface area contributed by atoms with Crippen LogP contribution in [0.25, 0.3) is 0 Å².